The fourth-order valence-electron chi connectivity index (χ4n) is 1.70. The highest BCUT2D eigenvalue weighted by atomic mass is 16.5. The third kappa shape index (κ3) is 2.48. The van der Waals surface area contributed by atoms with Crippen LogP contribution >= 0.6 is 0 Å². The predicted octanol–water partition coefficient (Wildman–Crippen LogP) is 2.77. The largest absolute Gasteiger partial charge is 0.438 e. The van der Waals surface area contributed by atoms with Gasteiger partial charge in [-0.3, -0.25) is 5.41 Å². The minimum Gasteiger partial charge on any atom is -0.438 e. The van der Waals surface area contributed by atoms with Gasteiger partial charge in [-0.05, 0) is 31.0 Å². The minimum atomic E-state index is 0.00348. The van der Waals surface area contributed by atoms with Crippen molar-refractivity contribution in [3.63, 3.8) is 0 Å². The molecule has 4 nitrogen and oxygen atoms in total. The molecule has 0 saturated heterocycles. The van der Waals surface area contributed by atoms with E-state index in [1.54, 1.807) is 18.3 Å². The molecule has 0 unspecified atom stereocenters. The molecule has 0 aliphatic carbocycles. The predicted molar refractivity (Wildman–Crippen MR) is 71.2 cm³/mol. The van der Waals surface area contributed by atoms with Crippen LogP contribution in [-0.4, -0.2) is 10.8 Å². The number of benzene rings is 1. The summed E-state index contributed by atoms with van der Waals surface area (Å²) in [5.41, 5.74) is 8.13. The van der Waals surface area contributed by atoms with Gasteiger partial charge in [0.1, 0.15) is 11.6 Å². The third-order valence-electron chi connectivity index (χ3n) is 2.66. The van der Waals surface area contributed by atoms with Gasteiger partial charge in [-0.15, -0.1) is 0 Å². The van der Waals surface area contributed by atoms with Crippen LogP contribution in [0.2, 0.25) is 0 Å². The second-order valence-corrected chi connectivity index (χ2v) is 4.12. The van der Waals surface area contributed by atoms with Gasteiger partial charge in [0.15, 0.2) is 0 Å². The summed E-state index contributed by atoms with van der Waals surface area (Å²) in [6, 6.07) is 9.29. The van der Waals surface area contributed by atoms with Gasteiger partial charge < -0.3 is 10.5 Å². The molecule has 2 aromatic rings. The quantitative estimate of drug-likeness (QED) is 0.641. The van der Waals surface area contributed by atoms with Crippen molar-refractivity contribution in [3.05, 3.63) is 53.2 Å². The fraction of sp³-hybridized carbons (Fsp3) is 0.143. The van der Waals surface area contributed by atoms with Crippen LogP contribution in [0.3, 0.4) is 0 Å². The Hall–Kier alpha value is -2.36. The van der Waals surface area contributed by atoms with Crippen LogP contribution in [0.25, 0.3) is 0 Å². The first-order chi connectivity index (χ1) is 8.58. The van der Waals surface area contributed by atoms with Crippen molar-refractivity contribution in [2.24, 2.45) is 5.73 Å². The first kappa shape index (κ1) is 12.1. The molecule has 1 aromatic carbocycles. The number of nitrogens with one attached hydrogen (secondary N) is 1. The molecule has 4 heteroatoms. The highest BCUT2D eigenvalue weighted by Gasteiger charge is 2.07. The lowest BCUT2D eigenvalue weighted by Gasteiger charge is -2.11. The molecule has 0 fully saturated rings. The Balaban J connectivity index is 2.34. The van der Waals surface area contributed by atoms with Gasteiger partial charge >= 0.3 is 0 Å². The molecule has 0 bridgehead atoms. The maximum Gasteiger partial charge on any atom is 0.219 e. The van der Waals surface area contributed by atoms with Crippen LogP contribution in [-0.2, 0) is 0 Å². The topological polar surface area (TPSA) is 72.0 Å². The van der Waals surface area contributed by atoms with E-state index in [2.05, 4.69) is 4.98 Å². The average molecular weight is 241 g/mol. The standard InChI is InChI=1S/C14H15N3O/c1-9-4-3-5-10(2)13(9)18-12-8-11(14(15)16)6-7-17-12/h3-8H,1-2H3,(H3,15,16). The Morgan fingerprint density at radius 1 is 1.22 bits per heavy atom. The molecule has 92 valence electrons. The maximum atomic E-state index is 7.39. The molecule has 2 rings (SSSR count). The summed E-state index contributed by atoms with van der Waals surface area (Å²) in [7, 11) is 0. The number of hydrogen-bond donors (Lipinski definition) is 2. The minimum absolute atomic E-state index is 0.00348. The van der Waals surface area contributed by atoms with E-state index in [9.17, 15) is 0 Å². The van der Waals surface area contributed by atoms with Gasteiger partial charge in [0, 0.05) is 17.8 Å². The molecule has 1 heterocycles. The summed E-state index contributed by atoms with van der Waals surface area (Å²) in [6.45, 7) is 3.97. The van der Waals surface area contributed by atoms with Crippen molar-refractivity contribution in [1.82, 2.24) is 4.98 Å². The number of ether oxygens (including phenoxy) is 1. The molecule has 0 spiro atoms. The Labute approximate surface area is 106 Å². The SMILES string of the molecule is Cc1cccc(C)c1Oc1cc(C(=N)N)ccn1. The number of pyridine rings is 1. The molecule has 0 saturated carbocycles. The van der Waals surface area contributed by atoms with Gasteiger partial charge in [-0.2, -0.15) is 0 Å². The van der Waals surface area contributed by atoms with Crippen molar-refractivity contribution in [1.29, 1.82) is 5.41 Å². The van der Waals surface area contributed by atoms with Gasteiger partial charge in [-0.1, -0.05) is 18.2 Å². The molecular formula is C14H15N3O. The number of amidine groups is 1. The van der Waals surface area contributed by atoms with Crippen molar-refractivity contribution >= 4 is 5.84 Å². The zero-order chi connectivity index (χ0) is 13.1. The highest BCUT2D eigenvalue weighted by molar-refractivity contribution is 5.95. The number of hydrogen-bond acceptors (Lipinski definition) is 3. The van der Waals surface area contributed by atoms with Gasteiger partial charge in [0.25, 0.3) is 0 Å². The smallest absolute Gasteiger partial charge is 0.219 e. The Kier molecular flexibility index (Phi) is 3.28. The average Bonchev–Trinajstić information content (AvgIpc) is 2.34. The van der Waals surface area contributed by atoms with Gasteiger partial charge in [0.2, 0.25) is 5.88 Å². The van der Waals surface area contributed by atoms with Crippen molar-refractivity contribution in [2.75, 3.05) is 0 Å². The number of aryl methyl sites for hydroxylation is 2. The lowest BCUT2D eigenvalue weighted by Crippen LogP contribution is -2.11. The summed E-state index contributed by atoms with van der Waals surface area (Å²) in [5, 5.41) is 7.39. The second kappa shape index (κ2) is 4.87. The van der Waals surface area contributed by atoms with E-state index in [-0.39, 0.29) is 5.84 Å². The molecule has 3 N–H and O–H groups in total. The Morgan fingerprint density at radius 3 is 2.50 bits per heavy atom. The van der Waals surface area contributed by atoms with Gasteiger partial charge in [-0.25, -0.2) is 4.98 Å². The number of para-hydroxylation sites is 1. The van der Waals surface area contributed by atoms with Gasteiger partial charge in [0.05, 0.1) is 0 Å². The van der Waals surface area contributed by atoms with E-state index in [1.807, 2.05) is 32.0 Å². The summed E-state index contributed by atoms with van der Waals surface area (Å²) < 4.78 is 5.77. The molecule has 0 aliphatic heterocycles. The lowest BCUT2D eigenvalue weighted by atomic mass is 10.1. The second-order valence-electron chi connectivity index (χ2n) is 4.12. The summed E-state index contributed by atoms with van der Waals surface area (Å²) >= 11 is 0. The number of rotatable bonds is 3. The first-order valence-electron chi connectivity index (χ1n) is 5.62. The zero-order valence-corrected chi connectivity index (χ0v) is 10.4. The zero-order valence-electron chi connectivity index (χ0n) is 10.4. The third-order valence-corrected chi connectivity index (χ3v) is 2.66. The fourth-order valence-corrected chi connectivity index (χ4v) is 1.70. The number of nitrogens with two attached hydrogens (primary N) is 1. The summed E-state index contributed by atoms with van der Waals surface area (Å²) in [6.07, 6.45) is 1.58. The summed E-state index contributed by atoms with van der Waals surface area (Å²) in [4.78, 5) is 4.12. The molecule has 1 aromatic heterocycles. The van der Waals surface area contributed by atoms with E-state index in [4.69, 9.17) is 15.9 Å². The number of nitrogen functional groups attached to an aromatic ring is 1. The maximum absolute atomic E-state index is 7.39. The van der Waals surface area contributed by atoms with Crippen LogP contribution in [0.4, 0.5) is 0 Å². The lowest BCUT2D eigenvalue weighted by molar-refractivity contribution is 0.456. The van der Waals surface area contributed by atoms with E-state index in [0.29, 0.717) is 11.4 Å². The molecule has 0 amide bonds. The molecular weight excluding hydrogens is 226 g/mol. The molecule has 0 atom stereocenters. The van der Waals surface area contributed by atoms with Crippen molar-refractivity contribution < 1.29 is 4.74 Å². The van der Waals surface area contributed by atoms with E-state index in [0.717, 1.165) is 16.9 Å². The van der Waals surface area contributed by atoms with Crippen molar-refractivity contribution in [2.45, 2.75) is 13.8 Å². The normalized spacial score (nSPS) is 10.1. The van der Waals surface area contributed by atoms with Crippen LogP contribution in [0.15, 0.2) is 36.5 Å². The Bertz CT molecular complexity index is 573. The van der Waals surface area contributed by atoms with Crippen molar-refractivity contribution in [3.8, 4) is 11.6 Å². The van der Waals surface area contributed by atoms with E-state index < -0.39 is 0 Å². The molecule has 0 aliphatic rings. The van der Waals surface area contributed by atoms with Crippen LogP contribution in [0.5, 0.6) is 11.6 Å². The van der Waals surface area contributed by atoms with E-state index in [1.165, 1.54) is 0 Å². The molecule has 0 radical (unpaired) electrons. The Morgan fingerprint density at radius 2 is 1.89 bits per heavy atom. The van der Waals surface area contributed by atoms with Crippen LogP contribution in [0.1, 0.15) is 16.7 Å². The van der Waals surface area contributed by atoms with E-state index >= 15 is 0 Å². The monoisotopic (exact) mass is 241 g/mol. The van der Waals surface area contributed by atoms with Crippen LogP contribution < -0.4 is 10.5 Å². The summed E-state index contributed by atoms with van der Waals surface area (Å²) in [5.74, 6) is 1.24. The number of nitrogens with zero attached hydrogens (tertiary/aromatic N) is 1. The molecule has 18 heavy (non-hydrogen) atoms. The first-order valence-corrected chi connectivity index (χ1v) is 5.62. The van der Waals surface area contributed by atoms with Crippen LogP contribution in [0, 0.1) is 19.3 Å². The number of aromatic nitrogens is 1. The highest BCUT2D eigenvalue weighted by Crippen LogP contribution is 2.27.